The molecule has 1 aliphatic carbocycles. The van der Waals surface area contributed by atoms with E-state index >= 15 is 0 Å². The molecule has 3 nitrogen and oxygen atoms in total. The predicted molar refractivity (Wildman–Crippen MR) is 67.1 cm³/mol. The first-order valence-electron chi connectivity index (χ1n) is 6.22. The van der Waals surface area contributed by atoms with Crippen molar-refractivity contribution in [3.8, 4) is 5.75 Å². The van der Waals surface area contributed by atoms with Gasteiger partial charge in [0.05, 0.1) is 5.56 Å². The molecular formula is C14H19NO2. The summed E-state index contributed by atoms with van der Waals surface area (Å²) >= 11 is 0. The molecular weight excluding hydrogens is 214 g/mol. The third-order valence-corrected chi connectivity index (χ3v) is 3.30. The minimum Gasteiger partial charge on any atom is -0.507 e. The van der Waals surface area contributed by atoms with Gasteiger partial charge >= 0.3 is 0 Å². The van der Waals surface area contributed by atoms with Gasteiger partial charge in [-0.3, -0.25) is 4.79 Å². The number of nitrogens with one attached hydrogen (secondary N) is 1. The predicted octanol–water partition coefficient (Wildman–Crippen LogP) is 2.62. The van der Waals surface area contributed by atoms with Crippen LogP contribution in [0.2, 0.25) is 0 Å². The zero-order chi connectivity index (χ0) is 12.4. The summed E-state index contributed by atoms with van der Waals surface area (Å²) in [7, 11) is 0. The third-order valence-electron chi connectivity index (χ3n) is 3.30. The maximum atomic E-state index is 11.9. The summed E-state index contributed by atoms with van der Waals surface area (Å²) in [4.78, 5) is 11.9. The lowest BCUT2D eigenvalue weighted by molar-refractivity contribution is 0.0946. The van der Waals surface area contributed by atoms with E-state index in [0.29, 0.717) is 17.5 Å². The van der Waals surface area contributed by atoms with Crippen LogP contribution in [0.15, 0.2) is 18.2 Å². The van der Waals surface area contributed by atoms with Crippen molar-refractivity contribution >= 4 is 5.91 Å². The van der Waals surface area contributed by atoms with Crippen LogP contribution in [0.4, 0.5) is 0 Å². The van der Waals surface area contributed by atoms with Crippen molar-refractivity contribution in [1.82, 2.24) is 5.32 Å². The Balaban J connectivity index is 1.98. The van der Waals surface area contributed by atoms with Crippen LogP contribution < -0.4 is 5.32 Å². The molecule has 0 heterocycles. The number of benzene rings is 1. The molecule has 2 atom stereocenters. The molecule has 0 bridgehead atoms. The molecule has 1 fully saturated rings. The Hall–Kier alpha value is -1.51. The lowest BCUT2D eigenvalue weighted by Gasteiger charge is -2.07. The number of phenolic OH excluding ortho intramolecular Hbond substituents is 1. The van der Waals surface area contributed by atoms with Gasteiger partial charge in [-0.2, -0.15) is 0 Å². The average molecular weight is 233 g/mol. The number of carbonyl (C=O) groups is 1. The number of carbonyl (C=O) groups excluding carboxylic acids is 1. The van der Waals surface area contributed by atoms with Crippen molar-refractivity contribution in [1.29, 1.82) is 0 Å². The van der Waals surface area contributed by atoms with E-state index in [0.717, 1.165) is 18.4 Å². The Morgan fingerprint density at radius 2 is 2.29 bits per heavy atom. The molecule has 0 saturated heterocycles. The molecule has 1 amide bonds. The summed E-state index contributed by atoms with van der Waals surface area (Å²) in [6.07, 6.45) is 3.41. The fourth-order valence-corrected chi connectivity index (χ4v) is 2.19. The molecule has 0 aromatic heterocycles. The van der Waals surface area contributed by atoms with E-state index in [2.05, 4.69) is 12.2 Å². The van der Waals surface area contributed by atoms with E-state index in [4.69, 9.17) is 0 Å². The lowest BCUT2D eigenvalue weighted by Crippen LogP contribution is -2.27. The first-order chi connectivity index (χ1) is 8.11. The summed E-state index contributed by atoms with van der Waals surface area (Å²) in [5.74, 6) is 0.534. The van der Waals surface area contributed by atoms with Crippen molar-refractivity contribution in [2.24, 2.45) is 5.92 Å². The zero-order valence-electron chi connectivity index (χ0n) is 10.4. The molecule has 1 aromatic rings. The molecule has 1 saturated carbocycles. The van der Waals surface area contributed by atoms with Crippen molar-refractivity contribution in [3.63, 3.8) is 0 Å². The second-order valence-corrected chi connectivity index (χ2v) is 4.89. The third kappa shape index (κ3) is 2.78. The molecule has 3 heteroatoms. The first kappa shape index (κ1) is 12.0. The molecule has 2 unspecified atom stereocenters. The van der Waals surface area contributed by atoms with Crippen LogP contribution in [0.25, 0.3) is 0 Å². The van der Waals surface area contributed by atoms with Gasteiger partial charge in [-0.25, -0.2) is 0 Å². The maximum absolute atomic E-state index is 11.9. The van der Waals surface area contributed by atoms with Crippen molar-refractivity contribution in [2.45, 2.75) is 39.2 Å². The van der Waals surface area contributed by atoms with Gasteiger partial charge in [0.15, 0.2) is 0 Å². The quantitative estimate of drug-likeness (QED) is 0.839. The van der Waals surface area contributed by atoms with Gasteiger partial charge in [0.1, 0.15) is 5.75 Å². The Labute approximate surface area is 102 Å². The van der Waals surface area contributed by atoms with Crippen LogP contribution in [0.5, 0.6) is 5.75 Å². The highest BCUT2D eigenvalue weighted by Gasteiger charge is 2.37. The molecule has 92 valence electrons. The van der Waals surface area contributed by atoms with Crippen molar-refractivity contribution in [2.75, 3.05) is 0 Å². The monoisotopic (exact) mass is 233 g/mol. The fourth-order valence-electron chi connectivity index (χ4n) is 2.19. The fraction of sp³-hybridized carbons (Fsp3) is 0.500. The van der Waals surface area contributed by atoms with Crippen molar-refractivity contribution in [3.05, 3.63) is 29.3 Å². The second kappa shape index (κ2) is 4.78. The largest absolute Gasteiger partial charge is 0.507 e. The number of hydrogen-bond acceptors (Lipinski definition) is 2. The normalized spacial score (nSPS) is 22.2. The minimum atomic E-state index is -0.158. The van der Waals surface area contributed by atoms with Crippen LogP contribution in [-0.2, 0) is 0 Å². The topological polar surface area (TPSA) is 49.3 Å². The molecule has 1 aliphatic rings. The zero-order valence-corrected chi connectivity index (χ0v) is 10.4. The number of hydrogen-bond donors (Lipinski definition) is 2. The van der Waals surface area contributed by atoms with Gasteiger partial charge in [-0.1, -0.05) is 25.0 Å². The minimum absolute atomic E-state index is 0.0563. The summed E-state index contributed by atoms with van der Waals surface area (Å²) in [6.45, 7) is 4.07. The van der Waals surface area contributed by atoms with Gasteiger partial charge in [-0.05, 0) is 37.8 Å². The molecule has 2 N–H and O–H groups in total. The Kier molecular flexibility index (Phi) is 3.36. The number of amides is 1. The SMILES string of the molecule is CCCC1CC1NC(=O)c1cc(C)ccc1O. The van der Waals surface area contributed by atoms with Gasteiger partial charge in [0, 0.05) is 6.04 Å². The lowest BCUT2D eigenvalue weighted by atomic mass is 10.1. The van der Waals surface area contributed by atoms with Crippen molar-refractivity contribution < 1.29 is 9.90 Å². The Bertz CT molecular complexity index is 428. The summed E-state index contributed by atoms with van der Waals surface area (Å²) in [6, 6.07) is 5.40. The molecule has 0 radical (unpaired) electrons. The highest BCUT2D eigenvalue weighted by molar-refractivity contribution is 5.97. The smallest absolute Gasteiger partial charge is 0.255 e. The number of phenols is 1. The number of aryl methyl sites for hydroxylation is 1. The molecule has 1 aromatic carbocycles. The number of rotatable bonds is 4. The summed E-state index contributed by atoms with van der Waals surface area (Å²) in [5, 5.41) is 12.6. The molecule has 2 rings (SSSR count). The van der Waals surface area contributed by atoms with Crippen LogP contribution in [0, 0.1) is 12.8 Å². The van der Waals surface area contributed by atoms with E-state index in [1.165, 1.54) is 6.42 Å². The van der Waals surface area contributed by atoms with Crippen LogP contribution in [0.3, 0.4) is 0 Å². The maximum Gasteiger partial charge on any atom is 0.255 e. The van der Waals surface area contributed by atoms with E-state index in [1.807, 2.05) is 6.92 Å². The van der Waals surface area contributed by atoms with Crippen LogP contribution in [0.1, 0.15) is 42.1 Å². The first-order valence-corrected chi connectivity index (χ1v) is 6.22. The van der Waals surface area contributed by atoms with E-state index in [1.54, 1.807) is 18.2 Å². The summed E-state index contributed by atoms with van der Waals surface area (Å²) < 4.78 is 0. The molecule has 17 heavy (non-hydrogen) atoms. The van der Waals surface area contributed by atoms with Gasteiger partial charge in [-0.15, -0.1) is 0 Å². The molecule has 0 spiro atoms. The van der Waals surface area contributed by atoms with Gasteiger partial charge < -0.3 is 10.4 Å². The Morgan fingerprint density at radius 1 is 1.53 bits per heavy atom. The van der Waals surface area contributed by atoms with Crippen LogP contribution in [-0.4, -0.2) is 17.1 Å². The average Bonchev–Trinajstić information content (AvgIpc) is 3.00. The Morgan fingerprint density at radius 3 is 3.00 bits per heavy atom. The number of aromatic hydroxyl groups is 1. The standard InChI is InChI=1S/C14H19NO2/c1-3-4-10-8-12(10)15-14(17)11-7-9(2)5-6-13(11)16/h5-7,10,12,16H,3-4,8H2,1-2H3,(H,15,17). The highest BCUT2D eigenvalue weighted by Crippen LogP contribution is 2.35. The molecule has 0 aliphatic heterocycles. The van der Waals surface area contributed by atoms with E-state index < -0.39 is 0 Å². The highest BCUT2D eigenvalue weighted by atomic mass is 16.3. The van der Waals surface area contributed by atoms with E-state index in [9.17, 15) is 9.90 Å². The second-order valence-electron chi connectivity index (χ2n) is 4.89. The van der Waals surface area contributed by atoms with Gasteiger partial charge in [0.25, 0.3) is 5.91 Å². The summed E-state index contributed by atoms with van der Waals surface area (Å²) in [5.41, 5.74) is 1.36. The van der Waals surface area contributed by atoms with E-state index in [-0.39, 0.29) is 11.7 Å². The van der Waals surface area contributed by atoms with Crippen LogP contribution >= 0.6 is 0 Å². The van der Waals surface area contributed by atoms with Gasteiger partial charge in [0.2, 0.25) is 0 Å².